The number of nitrogens with zero attached hydrogens (tertiary/aromatic N) is 6. The summed E-state index contributed by atoms with van der Waals surface area (Å²) in [6.07, 6.45) is 6.66. The van der Waals surface area contributed by atoms with Crippen LogP contribution in [0.5, 0.6) is 5.88 Å². The Morgan fingerprint density at radius 1 is 0.857 bits per heavy atom. The molecule has 2 saturated heterocycles. The Kier molecular flexibility index (Phi) is 13.1. The highest BCUT2D eigenvalue weighted by molar-refractivity contribution is 8.00. The zero-order valence-electron chi connectivity index (χ0n) is 25.1. The molecule has 4 rings (SSSR count). The van der Waals surface area contributed by atoms with Crippen molar-refractivity contribution < 1.29 is 19.1 Å². The molecule has 2 aromatic rings. The molecule has 0 bridgehead atoms. The fourth-order valence-electron chi connectivity index (χ4n) is 4.98. The number of rotatable bonds is 8. The molecule has 11 heteroatoms. The van der Waals surface area contributed by atoms with E-state index in [1.165, 1.54) is 24.6 Å². The third kappa shape index (κ3) is 9.43. The number of carbonyl (C=O) groups is 2. The first kappa shape index (κ1) is 32.8. The van der Waals surface area contributed by atoms with E-state index in [9.17, 15) is 20.1 Å². The molecule has 2 fully saturated rings. The highest BCUT2D eigenvalue weighted by Gasteiger charge is 2.20. The van der Waals surface area contributed by atoms with Crippen LogP contribution in [0, 0.1) is 43.4 Å². The van der Waals surface area contributed by atoms with Crippen LogP contribution in [0.4, 0.5) is 0 Å². The first-order valence-corrected chi connectivity index (χ1v) is 15.3. The number of nitriles is 2. The Morgan fingerprint density at radius 3 is 2.00 bits per heavy atom. The second kappa shape index (κ2) is 16.7. The van der Waals surface area contributed by atoms with E-state index >= 15 is 0 Å². The van der Waals surface area contributed by atoms with Gasteiger partial charge in [0.25, 0.3) is 5.91 Å². The monoisotopic (exact) mass is 592 g/mol. The first-order valence-electron chi connectivity index (χ1n) is 14.4. The van der Waals surface area contributed by atoms with E-state index < -0.39 is 0 Å². The number of hydrogen-bond acceptors (Lipinski definition) is 9. The molecule has 0 unspecified atom stereocenters. The van der Waals surface area contributed by atoms with Crippen LogP contribution in [0.15, 0.2) is 17.2 Å². The quantitative estimate of drug-likeness (QED) is 0.407. The van der Waals surface area contributed by atoms with Crippen LogP contribution in [0.2, 0.25) is 0 Å². The molecule has 0 saturated carbocycles. The maximum atomic E-state index is 12.1. The summed E-state index contributed by atoms with van der Waals surface area (Å²) >= 11 is 1.38. The number of thioether (sulfide) groups is 1. The lowest BCUT2D eigenvalue weighted by Gasteiger charge is -2.26. The van der Waals surface area contributed by atoms with E-state index in [-0.39, 0.29) is 24.3 Å². The molecule has 2 amide bonds. The smallest absolute Gasteiger partial charge is 0.260 e. The zero-order chi connectivity index (χ0) is 30.5. The van der Waals surface area contributed by atoms with Gasteiger partial charge in [-0.1, -0.05) is 11.8 Å². The minimum atomic E-state index is -0.0858. The highest BCUT2D eigenvalue weighted by Crippen LogP contribution is 2.25. The summed E-state index contributed by atoms with van der Waals surface area (Å²) in [5.74, 6) is 0.671. The molecule has 0 aliphatic carbocycles. The lowest BCUT2D eigenvalue weighted by Crippen LogP contribution is -2.38. The summed E-state index contributed by atoms with van der Waals surface area (Å²) < 4.78 is 10.6. The molecule has 0 spiro atoms. The highest BCUT2D eigenvalue weighted by atomic mass is 32.2. The molecular weight excluding hydrogens is 552 g/mol. The summed E-state index contributed by atoms with van der Waals surface area (Å²) in [4.78, 5) is 36.6. The van der Waals surface area contributed by atoms with E-state index in [0.29, 0.717) is 28.5 Å². The topological polar surface area (TPSA) is 132 Å². The van der Waals surface area contributed by atoms with Crippen molar-refractivity contribution in [2.24, 2.45) is 0 Å². The van der Waals surface area contributed by atoms with Crippen LogP contribution in [0.3, 0.4) is 0 Å². The van der Waals surface area contributed by atoms with Crippen LogP contribution in [-0.2, 0) is 20.9 Å². The number of pyridine rings is 2. The molecule has 0 aromatic carbocycles. The predicted molar refractivity (Wildman–Crippen MR) is 160 cm³/mol. The van der Waals surface area contributed by atoms with Gasteiger partial charge >= 0.3 is 0 Å². The predicted octanol–water partition coefficient (Wildman–Crippen LogP) is 4.47. The van der Waals surface area contributed by atoms with Crippen molar-refractivity contribution in [2.45, 2.75) is 70.9 Å². The van der Waals surface area contributed by atoms with Gasteiger partial charge in [-0.25, -0.2) is 9.97 Å². The summed E-state index contributed by atoms with van der Waals surface area (Å²) in [6.45, 7) is 9.15. The summed E-state index contributed by atoms with van der Waals surface area (Å²) in [7, 11) is 1.57. The molecule has 224 valence electrons. The minimum absolute atomic E-state index is 0.0554. The van der Waals surface area contributed by atoms with Gasteiger partial charge in [0.15, 0.2) is 6.61 Å². The van der Waals surface area contributed by atoms with Crippen molar-refractivity contribution in [1.29, 1.82) is 10.5 Å². The molecule has 4 heterocycles. The van der Waals surface area contributed by atoms with Gasteiger partial charge in [-0.05, 0) is 77.0 Å². The van der Waals surface area contributed by atoms with E-state index in [2.05, 4.69) is 22.1 Å². The number of aromatic nitrogens is 2. The third-order valence-corrected chi connectivity index (χ3v) is 8.07. The first-order chi connectivity index (χ1) is 20.3. The maximum absolute atomic E-state index is 12.1. The SMILES string of the molecule is COCc1cc(C)nc(OCC(=O)N2CCCCC2)c1C#N.Cc1cc(C)c(C#N)c(SCC(=O)N2CCCCC2)n1. The Morgan fingerprint density at radius 2 is 1.43 bits per heavy atom. The van der Waals surface area contributed by atoms with Gasteiger partial charge < -0.3 is 19.3 Å². The number of piperidine rings is 2. The zero-order valence-corrected chi connectivity index (χ0v) is 25.9. The van der Waals surface area contributed by atoms with Gasteiger partial charge in [0.05, 0.1) is 17.9 Å². The Balaban J connectivity index is 0.000000231. The third-order valence-electron chi connectivity index (χ3n) is 7.11. The number of ether oxygens (including phenoxy) is 2. The average Bonchev–Trinajstić information content (AvgIpc) is 2.99. The summed E-state index contributed by atoms with van der Waals surface area (Å²) in [5, 5.41) is 19.2. The van der Waals surface area contributed by atoms with Crippen LogP contribution in [-0.4, -0.2) is 77.2 Å². The number of likely N-dealkylation sites (tertiary alicyclic amines) is 2. The van der Waals surface area contributed by atoms with Gasteiger partial charge in [0.2, 0.25) is 11.8 Å². The second-order valence-electron chi connectivity index (χ2n) is 10.5. The van der Waals surface area contributed by atoms with Gasteiger partial charge in [0, 0.05) is 50.2 Å². The van der Waals surface area contributed by atoms with Gasteiger partial charge in [-0.3, -0.25) is 9.59 Å². The number of carbonyl (C=O) groups excluding carboxylic acids is 2. The Labute approximate surface area is 253 Å². The molecule has 0 radical (unpaired) electrons. The minimum Gasteiger partial charge on any atom is -0.467 e. The van der Waals surface area contributed by atoms with E-state index in [1.54, 1.807) is 18.1 Å². The van der Waals surface area contributed by atoms with Crippen LogP contribution >= 0.6 is 11.8 Å². The van der Waals surface area contributed by atoms with Crippen molar-refractivity contribution in [2.75, 3.05) is 45.6 Å². The lowest BCUT2D eigenvalue weighted by atomic mass is 10.1. The van der Waals surface area contributed by atoms with Crippen LogP contribution in [0.25, 0.3) is 0 Å². The number of hydrogen-bond donors (Lipinski definition) is 0. The molecular formula is C31H40N6O4S. The lowest BCUT2D eigenvalue weighted by molar-refractivity contribution is -0.134. The van der Waals surface area contributed by atoms with Crippen LogP contribution in [0.1, 0.15) is 72.2 Å². The molecule has 0 N–H and O–H groups in total. The van der Waals surface area contributed by atoms with Gasteiger partial charge in [0.1, 0.15) is 22.7 Å². The summed E-state index contributed by atoms with van der Waals surface area (Å²) in [5.41, 5.74) is 4.18. The maximum Gasteiger partial charge on any atom is 0.260 e. The second-order valence-corrected chi connectivity index (χ2v) is 11.4. The fourth-order valence-corrected chi connectivity index (χ4v) is 5.98. The largest absolute Gasteiger partial charge is 0.467 e. The number of aryl methyl sites for hydroxylation is 3. The summed E-state index contributed by atoms with van der Waals surface area (Å²) in [6, 6.07) is 7.96. The molecule has 42 heavy (non-hydrogen) atoms. The van der Waals surface area contributed by atoms with Gasteiger partial charge in [-0.15, -0.1) is 0 Å². The van der Waals surface area contributed by atoms with Crippen molar-refractivity contribution >= 4 is 23.6 Å². The Hall–Kier alpha value is -3.67. The molecule has 2 aliphatic heterocycles. The van der Waals surface area contributed by atoms with Gasteiger partial charge in [-0.2, -0.15) is 10.5 Å². The van der Waals surface area contributed by atoms with Crippen molar-refractivity contribution in [1.82, 2.24) is 19.8 Å². The van der Waals surface area contributed by atoms with Crippen molar-refractivity contribution in [3.05, 3.63) is 45.8 Å². The molecule has 0 atom stereocenters. The molecule has 2 aromatic heterocycles. The van der Waals surface area contributed by atoms with Crippen molar-refractivity contribution in [3.63, 3.8) is 0 Å². The number of amides is 2. The Bertz CT molecular complexity index is 1320. The van der Waals surface area contributed by atoms with Crippen molar-refractivity contribution in [3.8, 4) is 18.0 Å². The van der Waals surface area contributed by atoms with E-state index in [4.69, 9.17) is 9.47 Å². The standard InChI is InChI=1S/C16H21N3O3.C15H19N3OS/c1-12-8-13(10-21-2)14(9-17)16(18-12)22-11-15(20)19-6-4-3-5-7-19;1-11-8-12(2)17-15(13(11)9-16)20-10-14(19)18-6-4-3-5-7-18/h8H,3-7,10-11H2,1-2H3;8H,3-7,10H2,1-2H3. The number of methoxy groups -OCH3 is 1. The molecule has 10 nitrogen and oxygen atoms in total. The van der Waals surface area contributed by atoms with E-state index in [1.807, 2.05) is 31.7 Å². The van der Waals surface area contributed by atoms with E-state index in [0.717, 1.165) is 74.4 Å². The normalized spacial score (nSPS) is 14.7. The van der Waals surface area contributed by atoms with Crippen LogP contribution < -0.4 is 4.74 Å². The molecule has 2 aliphatic rings. The fraction of sp³-hybridized carbons (Fsp3) is 0.548. The average molecular weight is 593 g/mol.